The molecule has 1 aromatic heterocycles. The number of hydrogen-bond acceptors (Lipinski definition) is 2. The molecule has 0 fully saturated rings. The summed E-state index contributed by atoms with van der Waals surface area (Å²) < 4.78 is 4.02. The molecule has 102 valence electrons. The third-order valence-corrected chi connectivity index (χ3v) is 3.01. The van der Waals surface area contributed by atoms with Gasteiger partial charge in [-0.1, -0.05) is 35.5 Å². The van der Waals surface area contributed by atoms with E-state index in [1.165, 1.54) is 11.8 Å². The quantitative estimate of drug-likeness (QED) is 0.231. The second-order valence-electron chi connectivity index (χ2n) is 4.29. The van der Waals surface area contributed by atoms with E-state index in [1.807, 2.05) is 30.1 Å². The average molecular weight is 371 g/mol. The number of benzene rings is 1. The zero-order valence-corrected chi connectivity index (χ0v) is 13.1. The second kappa shape index (κ2) is 7.93. The monoisotopic (exact) mass is 371 g/mol. The standard InChI is InChI=1S/C14H17N3O.HI/c1-16-10-11-17(14(16)12-15-18)9-5-8-13-6-3-2-4-7-13;/h2-4,6-7,10-12H,5,8-9H2,1H3;1H. The lowest BCUT2D eigenvalue weighted by Crippen LogP contribution is -3.00. The minimum atomic E-state index is 0. The van der Waals surface area contributed by atoms with Crippen LogP contribution in [0.3, 0.4) is 0 Å². The van der Waals surface area contributed by atoms with Crippen LogP contribution in [0.1, 0.15) is 17.8 Å². The van der Waals surface area contributed by atoms with E-state index in [-0.39, 0.29) is 24.0 Å². The van der Waals surface area contributed by atoms with Gasteiger partial charge in [-0.2, -0.15) is 0 Å². The molecular formula is C14H18IN3O. The van der Waals surface area contributed by atoms with Crippen LogP contribution in [0.15, 0.2) is 47.9 Å². The van der Waals surface area contributed by atoms with Crippen molar-refractivity contribution in [1.82, 2.24) is 4.57 Å². The molecular weight excluding hydrogens is 353 g/mol. The average Bonchev–Trinajstić information content (AvgIpc) is 2.73. The van der Waals surface area contributed by atoms with Crippen LogP contribution in [0.5, 0.6) is 0 Å². The zero-order chi connectivity index (χ0) is 12.8. The van der Waals surface area contributed by atoms with Crippen LogP contribution in [-0.4, -0.2) is 16.0 Å². The molecule has 0 amide bonds. The van der Waals surface area contributed by atoms with E-state index in [4.69, 9.17) is 5.21 Å². The maximum Gasteiger partial charge on any atom is 0.303 e. The minimum absolute atomic E-state index is 0. The molecule has 0 bridgehead atoms. The number of imidazole rings is 1. The Bertz CT molecular complexity index is 523. The van der Waals surface area contributed by atoms with Crippen LogP contribution in [0.4, 0.5) is 0 Å². The van der Waals surface area contributed by atoms with E-state index in [0.29, 0.717) is 0 Å². The highest BCUT2D eigenvalue weighted by Crippen LogP contribution is 2.04. The highest BCUT2D eigenvalue weighted by molar-refractivity contribution is 5.72. The number of halogens is 1. The van der Waals surface area contributed by atoms with E-state index in [0.717, 1.165) is 25.2 Å². The van der Waals surface area contributed by atoms with Gasteiger partial charge in [-0.15, -0.1) is 0 Å². The number of rotatable bonds is 5. The molecule has 0 atom stereocenters. The van der Waals surface area contributed by atoms with Crippen LogP contribution in [0.2, 0.25) is 0 Å². The lowest BCUT2D eigenvalue weighted by Gasteiger charge is -2.00. The first-order valence-electron chi connectivity index (χ1n) is 6.07. The molecule has 0 aliphatic carbocycles. The number of aromatic nitrogens is 2. The molecule has 5 heteroatoms. The van der Waals surface area contributed by atoms with Crippen molar-refractivity contribution >= 4 is 6.21 Å². The number of aryl methyl sites for hydroxylation is 3. The van der Waals surface area contributed by atoms with Gasteiger partial charge in [0.1, 0.15) is 12.4 Å². The van der Waals surface area contributed by atoms with Crippen molar-refractivity contribution < 1.29 is 33.8 Å². The highest BCUT2D eigenvalue weighted by atomic mass is 127. The van der Waals surface area contributed by atoms with Gasteiger partial charge < -0.3 is 29.2 Å². The van der Waals surface area contributed by atoms with Crippen molar-refractivity contribution in [3.05, 3.63) is 54.1 Å². The first-order valence-corrected chi connectivity index (χ1v) is 6.07. The van der Waals surface area contributed by atoms with Gasteiger partial charge in [-0.05, 0) is 18.4 Å². The number of nitrogens with zero attached hydrogens (tertiary/aromatic N) is 3. The smallest absolute Gasteiger partial charge is 0.303 e. The number of oxime groups is 1. The van der Waals surface area contributed by atoms with Crippen molar-refractivity contribution in [2.75, 3.05) is 0 Å². The van der Waals surface area contributed by atoms with Gasteiger partial charge in [0, 0.05) is 0 Å². The third-order valence-electron chi connectivity index (χ3n) is 3.01. The molecule has 0 saturated carbocycles. The van der Waals surface area contributed by atoms with Gasteiger partial charge in [0.25, 0.3) is 0 Å². The van der Waals surface area contributed by atoms with Gasteiger partial charge in [0.15, 0.2) is 6.21 Å². The minimum Gasteiger partial charge on any atom is -1.00 e. The van der Waals surface area contributed by atoms with Crippen molar-refractivity contribution in [3.8, 4) is 0 Å². The van der Waals surface area contributed by atoms with E-state index in [1.54, 1.807) is 0 Å². The Morgan fingerprint density at radius 1 is 1.32 bits per heavy atom. The molecule has 2 rings (SSSR count). The maximum atomic E-state index is 8.63. The topological polar surface area (TPSA) is 41.4 Å². The Balaban J connectivity index is 0.00000180. The maximum absolute atomic E-state index is 8.63. The van der Waals surface area contributed by atoms with Crippen molar-refractivity contribution in [3.63, 3.8) is 0 Å². The van der Waals surface area contributed by atoms with Crippen molar-refractivity contribution in [1.29, 1.82) is 0 Å². The van der Waals surface area contributed by atoms with Gasteiger partial charge in [0.05, 0.1) is 13.6 Å². The lowest BCUT2D eigenvalue weighted by atomic mass is 10.1. The first-order chi connectivity index (χ1) is 8.81. The molecule has 0 aliphatic rings. The van der Waals surface area contributed by atoms with Crippen LogP contribution >= 0.6 is 0 Å². The Labute approximate surface area is 130 Å². The van der Waals surface area contributed by atoms with Crippen LogP contribution in [0.25, 0.3) is 0 Å². The third kappa shape index (κ3) is 4.34. The van der Waals surface area contributed by atoms with Crippen molar-refractivity contribution in [2.45, 2.75) is 19.4 Å². The molecule has 0 saturated heterocycles. The lowest BCUT2D eigenvalue weighted by molar-refractivity contribution is -0.671. The van der Waals surface area contributed by atoms with Gasteiger partial charge in [-0.3, -0.25) is 0 Å². The van der Waals surface area contributed by atoms with E-state index >= 15 is 0 Å². The summed E-state index contributed by atoms with van der Waals surface area (Å²) >= 11 is 0. The molecule has 1 aromatic carbocycles. The number of hydrogen-bond donors (Lipinski definition) is 1. The fraction of sp³-hybridized carbons (Fsp3) is 0.286. The normalized spacial score (nSPS) is 10.6. The fourth-order valence-electron chi connectivity index (χ4n) is 2.04. The first kappa shape index (κ1) is 15.7. The summed E-state index contributed by atoms with van der Waals surface area (Å²) in [7, 11) is 1.94. The zero-order valence-electron chi connectivity index (χ0n) is 10.9. The van der Waals surface area contributed by atoms with E-state index < -0.39 is 0 Å². The Morgan fingerprint density at radius 2 is 2.05 bits per heavy atom. The van der Waals surface area contributed by atoms with Crippen LogP contribution in [-0.2, 0) is 20.0 Å². The van der Waals surface area contributed by atoms with Gasteiger partial charge in [-0.25, -0.2) is 9.13 Å². The Morgan fingerprint density at radius 3 is 2.74 bits per heavy atom. The molecule has 19 heavy (non-hydrogen) atoms. The summed E-state index contributed by atoms with van der Waals surface area (Å²) in [5.74, 6) is 0.894. The molecule has 2 aromatic rings. The van der Waals surface area contributed by atoms with E-state index in [2.05, 4.69) is 34.0 Å². The summed E-state index contributed by atoms with van der Waals surface area (Å²) in [6.45, 7) is 0.914. The summed E-state index contributed by atoms with van der Waals surface area (Å²) in [5.41, 5.74) is 1.35. The Kier molecular flexibility index (Phi) is 6.55. The molecule has 0 spiro atoms. The molecule has 0 aliphatic heterocycles. The van der Waals surface area contributed by atoms with E-state index in [9.17, 15) is 0 Å². The predicted octanol–water partition coefficient (Wildman–Crippen LogP) is -1.24. The predicted molar refractivity (Wildman–Crippen MR) is 69.8 cm³/mol. The largest absolute Gasteiger partial charge is 1.00 e. The summed E-state index contributed by atoms with van der Waals surface area (Å²) in [4.78, 5) is 0. The molecule has 0 radical (unpaired) electrons. The summed E-state index contributed by atoms with van der Waals surface area (Å²) in [5, 5.41) is 11.7. The van der Waals surface area contributed by atoms with Crippen LogP contribution < -0.4 is 28.5 Å². The molecule has 0 unspecified atom stereocenters. The molecule has 4 nitrogen and oxygen atoms in total. The fourth-order valence-corrected chi connectivity index (χ4v) is 2.04. The SMILES string of the molecule is C[n+]1ccn(CCCc2ccccc2)c1C=NO.[I-]. The van der Waals surface area contributed by atoms with Crippen molar-refractivity contribution in [2.24, 2.45) is 12.2 Å². The molecule has 1 N–H and O–H groups in total. The summed E-state index contributed by atoms with van der Waals surface area (Å²) in [6, 6.07) is 10.5. The van der Waals surface area contributed by atoms with Gasteiger partial charge in [0.2, 0.25) is 0 Å². The Hall–Kier alpha value is -1.37. The highest BCUT2D eigenvalue weighted by Gasteiger charge is 2.11. The van der Waals surface area contributed by atoms with Gasteiger partial charge >= 0.3 is 5.82 Å². The summed E-state index contributed by atoms with van der Waals surface area (Å²) in [6.07, 6.45) is 7.54. The second-order valence-corrected chi connectivity index (χ2v) is 4.29. The molecule has 1 heterocycles. The van der Waals surface area contributed by atoms with Crippen LogP contribution in [0, 0.1) is 0 Å².